The summed E-state index contributed by atoms with van der Waals surface area (Å²) >= 11 is 1.68. The molecule has 1 aromatic carbocycles. The Kier molecular flexibility index (Phi) is 3.84. The third kappa shape index (κ3) is 3.01. The van der Waals surface area contributed by atoms with Gasteiger partial charge in [0.2, 0.25) is 0 Å². The van der Waals surface area contributed by atoms with Crippen molar-refractivity contribution in [3.05, 3.63) is 46.2 Å². The van der Waals surface area contributed by atoms with Crippen molar-refractivity contribution in [2.75, 3.05) is 17.6 Å². The molecule has 94 valence electrons. The normalized spacial score (nSPS) is 10.2. The lowest BCUT2D eigenvalue weighted by atomic mass is 10.1. The van der Waals surface area contributed by atoms with E-state index >= 15 is 0 Å². The highest BCUT2D eigenvalue weighted by atomic mass is 32.1. The number of anilines is 2. The lowest BCUT2D eigenvalue weighted by molar-refractivity contribution is 0.100. The van der Waals surface area contributed by atoms with Crippen LogP contribution in [0.1, 0.15) is 15.9 Å². The van der Waals surface area contributed by atoms with E-state index in [4.69, 9.17) is 11.5 Å². The number of amides is 1. The first-order chi connectivity index (χ1) is 8.66. The van der Waals surface area contributed by atoms with E-state index in [-0.39, 0.29) is 0 Å². The first kappa shape index (κ1) is 12.4. The second kappa shape index (κ2) is 5.55. The van der Waals surface area contributed by atoms with Gasteiger partial charge in [-0.1, -0.05) is 0 Å². The van der Waals surface area contributed by atoms with Crippen LogP contribution in [-0.2, 0) is 6.42 Å². The van der Waals surface area contributed by atoms with Gasteiger partial charge >= 0.3 is 0 Å². The summed E-state index contributed by atoms with van der Waals surface area (Å²) in [4.78, 5) is 11.3. The maximum absolute atomic E-state index is 11.3. The monoisotopic (exact) mass is 261 g/mol. The number of carbonyl (C=O) groups excluding carboxylic acids is 1. The summed E-state index contributed by atoms with van der Waals surface area (Å²) in [6.07, 6.45) is 0.909. The van der Waals surface area contributed by atoms with Crippen molar-refractivity contribution in [1.29, 1.82) is 0 Å². The van der Waals surface area contributed by atoms with Crippen LogP contribution in [0.3, 0.4) is 0 Å². The number of carbonyl (C=O) groups is 1. The smallest absolute Gasteiger partial charge is 0.250 e. The van der Waals surface area contributed by atoms with Crippen molar-refractivity contribution in [2.45, 2.75) is 6.42 Å². The molecule has 0 aliphatic heterocycles. The second-order valence-corrected chi connectivity index (χ2v) is 4.76. The van der Waals surface area contributed by atoms with Crippen LogP contribution in [-0.4, -0.2) is 12.5 Å². The predicted octanol–water partition coefficient (Wildman–Crippen LogP) is 2.08. The molecule has 0 saturated carbocycles. The lowest BCUT2D eigenvalue weighted by Gasteiger charge is -2.10. The van der Waals surface area contributed by atoms with Crippen LogP contribution in [0.25, 0.3) is 0 Å². The van der Waals surface area contributed by atoms with Gasteiger partial charge in [-0.05, 0) is 47.0 Å². The fraction of sp³-hybridized carbons (Fsp3) is 0.154. The van der Waals surface area contributed by atoms with Crippen molar-refractivity contribution in [3.8, 4) is 0 Å². The SMILES string of the molecule is NC(=O)c1cc(N)ccc1NCCc1ccsc1. The molecule has 2 aromatic rings. The van der Waals surface area contributed by atoms with Gasteiger partial charge in [0.05, 0.1) is 5.56 Å². The third-order valence-corrected chi connectivity index (χ3v) is 3.35. The Hall–Kier alpha value is -2.01. The minimum Gasteiger partial charge on any atom is -0.399 e. The zero-order chi connectivity index (χ0) is 13.0. The quantitative estimate of drug-likeness (QED) is 0.721. The third-order valence-electron chi connectivity index (χ3n) is 2.62. The van der Waals surface area contributed by atoms with Gasteiger partial charge in [-0.3, -0.25) is 4.79 Å². The molecule has 1 heterocycles. The van der Waals surface area contributed by atoms with Crippen molar-refractivity contribution in [1.82, 2.24) is 0 Å². The van der Waals surface area contributed by atoms with Crippen LogP contribution >= 0.6 is 11.3 Å². The van der Waals surface area contributed by atoms with Crippen molar-refractivity contribution >= 4 is 28.6 Å². The van der Waals surface area contributed by atoms with Gasteiger partial charge in [-0.25, -0.2) is 0 Å². The van der Waals surface area contributed by atoms with Gasteiger partial charge in [0.25, 0.3) is 5.91 Å². The number of hydrogen-bond donors (Lipinski definition) is 3. The average molecular weight is 261 g/mol. The lowest BCUT2D eigenvalue weighted by Crippen LogP contribution is -2.15. The van der Waals surface area contributed by atoms with Crippen molar-refractivity contribution < 1.29 is 4.79 Å². The van der Waals surface area contributed by atoms with E-state index in [1.165, 1.54) is 5.56 Å². The number of nitrogens with one attached hydrogen (secondary N) is 1. The Labute approximate surface area is 110 Å². The molecule has 0 aliphatic carbocycles. The summed E-state index contributed by atoms with van der Waals surface area (Å²) in [6, 6.07) is 7.21. The van der Waals surface area contributed by atoms with Gasteiger partial charge in [0, 0.05) is 17.9 Å². The van der Waals surface area contributed by atoms with E-state index in [9.17, 15) is 4.79 Å². The molecule has 2 rings (SSSR count). The first-order valence-electron chi connectivity index (χ1n) is 5.61. The van der Waals surface area contributed by atoms with Crippen LogP contribution in [0.15, 0.2) is 35.0 Å². The predicted molar refractivity (Wildman–Crippen MR) is 75.9 cm³/mol. The molecule has 0 aliphatic rings. The summed E-state index contributed by atoms with van der Waals surface area (Å²) in [7, 11) is 0. The summed E-state index contributed by atoms with van der Waals surface area (Å²) in [5.74, 6) is -0.472. The Bertz CT molecular complexity index is 537. The number of benzene rings is 1. The Morgan fingerprint density at radius 2 is 2.17 bits per heavy atom. The van der Waals surface area contributed by atoms with Crippen LogP contribution < -0.4 is 16.8 Å². The molecule has 1 aromatic heterocycles. The topological polar surface area (TPSA) is 81.1 Å². The van der Waals surface area contributed by atoms with E-state index < -0.39 is 5.91 Å². The number of thiophene rings is 1. The molecule has 0 bridgehead atoms. The largest absolute Gasteiger partial charge is 0.399 e. The summed E-state index contributed by atoms with van der Waals surface area (Å²) < 4.78 is 0. The Balaban J connectivity index is 2.02. The summed E-state index contributed by atoms with van der Waals surface area (Å²) in [5, 5.41) is 7.37. The standard InChI is InChI=1S/C13H15N3OS/c14-10-1-2-12(11(7-10)13(15)17)16-5-3-9-4-6-18-8-9/h1-2,4,6-8,16H,3,5,14H2,(H2,15,17). The van der Waals surface area contributed by atoms with Crippen LogP contribution in [0.2, 0.25) is 0 Å². The zero-order valence-electron chi connectivity index (χ0n) is 9.85. The number of rotatable bonds is 5. The van der Waals surface area contributed by atoms with E-state index in [2.05, 4.69) is 16.8 Å². The molecule has 18 heavy (non-hydrogen) atoms. The molecule has 0 unspecified atom stereocenters. The molecule has 0 spiro atoms. The maximum Gasteiger partial charge on any atom is 0.250 e. The second-order valence-electron chi connectivity index (χ2n) is 3.98. The fourth-order valence-corrected chi connectivity index (χ4v) is 2.40. The summed E-state index contributed by atoms with van der Waals surface area (Å²) in [5.41, 5.74) is 13.9. The molecule has 1 amide bonds. The molecule has 4 nitrogen and oxygen atoms in total. The highest BCUT2D eigenvalue weighted by Crippen LogP contribution is 2.18. The van der Waals surface area contributed by atoms with E-state index in [1.54, 1.807) is 29.5 Å². The first-order valence-corrected chi connectivity index (χ1v) is 6.55. The van der Waals surface area contributed by atoms with Crippen molar-refractivity contribution in [2.24, 2.45) is 5.73 Å². The molecule has 0 saturated heterocycles. The highest BCUT2D eigenvalue weighted by molar-refractivity contribution is 7.07. The molecule has 5 heteroatoms. The van der Waals surface area contributed by atoms with Crippen LogP contribution in [0, 0.1) is 0 Å². The minimum atomic E-state index is -0.472. The average Bonchev–Trinajstić information content (AvgIpc) is 2.84. The highest BCUT2D eigenvalue weighted by Gasteiger charge is 2.08. The molecular weight excluding hydrogens is 246 g/mol. The fourth-order valence-electron chi connectivity index (χ4n) is 1.70. The van der Waals surface area contributed by atoms with Gasteiger partial charge in [-0.15, -0.1) is 0 Å². The van der Waals surface area contributed by atoms with Crippen molar-refractivity contribution in [3.63, 3.8) is 0 Å². The minimum absolute atomic E-state index is 0.431. The van der Waals surface area contributed by atoms with E-state index in [0.29, 0.717) is 11.3 Å². The Morgan fingerprint density at radius 3 is 2.83 bits per heavy atom. The number of primary amides is 1. The molecule has 0 fully saturated rings. The zero-order valence-corrected chi connectivity index (χ0v) is 10.7. The van der Waals surface area contributed by atoms with Gasteiger partial charge in [0.15, 0.2) is 0 Å². The van der Waals surface area contributed by atoms with E-state index in [1.807, 2.05) is 5.38 Å². The van der Waals surface area contributed by atoms with E-state index in [0.717, 1.165) is 18.7 Å². The number of nitrogen functional groups attached to an aromatic ring is 1. The van der Waals surface area contributed by atoms with Gasteiger partial charge < -0.3 is 16.8 Å². The maximum atomic E-state index is 11.3. The van der Waals surface area contributed by atoms with Crippen LogP contribution in [0.5, 0.6) is 0 Å². The number of hydrogen-bond acceptors (Lipinski definition) is 4. The Morgan fingerprint density at radius 1 is 1.33 bits per heavy atom. The molecule has 0 radical (unpaired) electrons. The van der Waals surface area contributed by atoms with Gasteiger partial charge in [-0.2, -0.15) is 11.3 Å². The number of nitrogens with two attached hydrogens (primary N) is 2. The summed E-state index contributed by atoms with van der Waals surface area (Å²) in [6.45, 7) is 0.751. The molecular formula is C13H15N3OS. The van der Waals surface area contributed by atoms with Gasteiger partial charge in [0.1, 0.15) is 0 Å². The molecule has 0 atom stereocenters. The molecule has 5 N–H and O–H groups in total. The van der Waals surface area contributed by atoms with Crippen LogP contribution in [0.4, 0.5) is 11.4 Å².